The second kappa shape index (κ2) is 6.23. The lowest BCUT2D eigenvalue weighted by Crippen LogP contribution is -2.41. The molecule has 1 amide bonds. The lowest BCUT2D eigenvalue weighted by molar-refractivity contribution is -0.138. The molecule has 0 fully saturated rings. The van der Waals surface area contributed by atoms with E-state index in [1.807, 2.05) is 54.6 Å². The van der Waals surface area contributed by atoms with Crippen LogP contribution in [0.3, 0.4) is 0 Å². The van der Waals surface area contributed by atoms with Crippen molar-refractivity contribution in [2.45, 2.75) is 23.1 Å². The number of benzene rings is 2. The molecule has 0 radical (unpaired) electrons. The predicted molar refractivity (Wildman–Crippen MR) is 86.0 cm³/mol. The Morgan fingerprint density at radius 3 is 2.50 bits per heavy atom. The Hall–Kier alpha value is -2.27. The van der Waals surface area contributed by atoms with Crippen molar-refractivity contribution in [3.63, 3.8) is 0 Å². The Morgan fingerprint density at radius 2 is 1.77 bits per heavy atom. The highest BCUT2D eigenvalue weighted by Crippen LogP contribution is 2.40. The Kier molecular flexibility index (Phi) is 4.15. The summed E-state index contributed by atoms with van der Waals surface area (Å²) >= 11 is 1.34. The minimum atomic E-state index is -0.954. The topological polar surface area (TPSA) is 57.6 Å². The summed E-state index contributed by atoms with van der Waals surface area (Å²) in [7, 11) is 0. The number of carboxylic acid groups (broad SMARTS) is 1. The zero-order chi connectivity index (χ0) is 15.5. The van der Waals surface area contributed by atoms with E-state index in [1.165, 1.54) is 11.8 Å². The summed E-state index contributed by atoms with van der Waals surface area (Å²) in [4.78, 5) is 26.3. The highest BCUT2D eigenvalue weighted by molar-refractivity contribution is 8.01. The van der Waals surface area contributed by atoms with E-state index in [-0.39, 0.29) is 12.3 Å². The summed E-state index contributed by atoms with van der Waals surface area (Å²) < 4.78 is 0. The van der Waals surface area contributed by atoms with Crippen LogP contribution in [-0.4, -0.2) is 22.2 Å². The van der Waals surface area contributed by atoms with E-state index in [9.17, 15) is 9.59 Å². The fourth-order valence-electron chi connectivity index (χ4n) is 2.49. The van der Waals surface area contributed by atoms with Crippen LogP contribution < -0.4 is 4.90 Å². The van der Waals surface area contributed by atoms with Crippen molar-refractivity contribution in [3.05, 3.63) is 60.2 Å². The van der Waals surface area contributed by atoms with Gasteiger partial charge in [-0.3, -0.25) is 9.59 Å². The second-order valence-corrected chi connectivity index (χ2v) is 6.33. The second-order valence-electron chi connectivity index (χ2n) is 5.08. The molecule has 5 heteroatoms. The van der Waals surface area contributed by atoms with Gasteiger partial charge in [-0.25, -0.2) is 0 Å². The minimum absolute atomic E-state index is 0.144. The molecule has 1 aliphatic heterocycles. The Morgan fingerprint density at radius 1 is 1.09 bits per heavy atom. The number of rotatable bonds is 4. The molecule has 0 saturated heterocycles. The number of carbonyl (C=O) groups is 2. The molecule has 112 valence electrons. The van der Waals surface area contributed by atoms with Gasteiger partial charge in [0.2, 0.25) is 5.91 Å². The molecule has 0 spiro atoms. The molecule has 1 atom stereocenters. The minimum Gasteiger partial charge on any atom is -0.481 e. The van der Waals surface area contributed by atoms with Gasteiger partial charge in [0.05, 0.1) is 23.9 Å². The Balaban J connectivity index is 1.94. The lowest BCUT2D eigenvalue weighted by Gasteiger charge is -2.33. The molecule has 1 aliphatic rings. The molecular formula is C17H15NO3S. The number of para-hydroxylation sites is 1. The number of fused-ring (bicyclic) bond motifs is 1. The van der Waals surface area contributed by atoms with E-state index in [1.54, 1.807) is 4.90 Å². The van der Waals surface area contributed by atoms with Crippen molar-refractivity contribution in [1.82, 2.24) is 0 Å². The van der Waals surface area contributed by atoms with Gasteiger partial charge in [0, 0.05) is 4.90 Å². The van der Waals surface area contributed by atoms with Gasteiger partial charge in [-0.2, -0.15) is 0 Å². The van der Waals surface area contributed by atoms with Crippen molar-refractivity contribution in [2.24, 2.45) is 0 Å². The molecule has 1 heterocycles. The van der Waals surface area contributed by atoms with E-state index < -0.39 is 11.2 Å². The van der Waals surface area contributed by atoms with Crippen LogP contribution in [0.25, 0.3) is 0 Å². The molecule has 1 N–H and O–H groups in total. The number of hydrogen-bond donors (Lipinski definition) is 1. The number of anilines is 1. The first-order chi connectivity index (χ1) is 10.6. The molecule has 3 rings (SSSR count). The third-order valence-corrected chi connectivity index (χ3v) is 4.76. The first-order valence-corrected chi connectivity index (χ1v) is 7.86. The Labute approximate surface area is 132 Å². The van der Waals surface area contributed by atoms with Crippen LogP contribution in [0.5, 0.6) is 0 Å². The molecule has 0 saturated carbocycles. The molecule has 4 nitrogen and oxygen atoms in total. The van der Waals surface area contributed by atoms with Crippen LogP contribution in [-0.2, 0) is 16.1 Å². The zero-order valence-corrected chi connectivity index (χ0v) is 12.6. The molecule has 0 aliphatic carbocycles. The van der Waals surface area contributed by atoms with Gasteiger partial charge in [-0.1, -0.05) is 42.5 Å². The maximum atomic E-state index is 12.7. The highest BCUT2D eigenvalue weighted by Gasteiger charge is 2.34. The quantitative estimate of drug-likeness (QED) is 0.942. The normalized spacial score (nSPS) is 17.2. The zero-order valence-electron chi connectivity index (χ0n) is 11.8. The number of thioether (sulfide) groups is 1. The van der Waals surface area contributed by atoms with Crippen LogP contribution in [0.4, 0.5) is 5.69 Å². The van der Waals surface area contributed by atoms with Gasteiger partial charge < -0.3 is 10.0 Å². The lowest BCUT2D eigenvalue weighted by atomic mass is 10.1. The van der Waals surface area contributed by atoms with Gasteiger partial charge in [0.25, 0.3) is 0 Å². The van der Waals surface area contributed by atoms with Gasteiger partial charge in [-0.15, -0.1) is 11.8 Å². The standard InChI is InChI=1S/C17H15NO3S/c19-16(20)10-15-17(21)18(11-12-6-2-1-3-7-12)13-8-4-5-9-14(13)22-15/h1-9,15H,10-11H2,(H,19,20). The molecular weight excluding hydrogens is 298 g/mol. The first-order valence-electron chi connectivity index (χ1n) is 6.98. The van der Waals surface area contributed by atoms with Crippen molar-refractivity contribution in [1.29, 1.82) is 0 Å². The molecule has 0 bridgehead atoms. The molecule has 2 aromatic carbocycles. The SMILES string of the molecule is O=C(O)CC1Sc2ccccc2N(Cc2ccccc2)C1=O. The van der Waals surface area contributed by atoms with Crippen molar-refractivity contribution in [2.75, 3.05) is 4.90 Å². The molecule has 0 aromatic heterocycles. The van der Waals surface area contributed by atoms with Gasteiger partial charge in [0.15, 0.2) is 0 Å². The Bertz CT molecular complexity index is 702. The molecule has 22 heavy (non-hydrogen) atoms. The van der Waals surface area contributed by atoms with E-state index in [0.717, 1.165) is 16.1 Å². The summed E-state index contributed by atoms with van der Waals surface area (Å²) in [6.45, 7) is 0.452. The summed E-state index contributed by atoms with van der Waals surface area (Å²) in [5, 5.41) is 8.45. The third-order valence-electron chi connectivity index (χ3n) is 3.51. The van der Waals surface area contributed by atoms with Crippen LogP contribution in [0, 0.1) is 0 Å². The maximum Gasteiger partial charge on any atom is 0.305 e. The summed E-state index contributed by atoms with van der Waals surface area (Å²) in [5.41, 5.74) is 1.87. The number of carbonyl (C=O) groups excluding carboxylic acids is 1. The van der Waals surface area contributed by atoms with Crippen molar-refractivity contribution in [3.8, 4) is 0 Å². The van der Waals surface area contributed by atoms with Gasteiger partial charge in [0.1, 0.15) is 0 Å². The van der Waals surface area contributed by atoms with Gasteiger partial charge >= 0.3 is 5.97 Å². The van der Waals surface area contributed by atoms with Crippen LogP contribution in [0.15, 0.2) is 59.5 Å². The van der Waals surface area contributed by atoms with E-state index in [0.29, 0.717) is 6.54 Å². The number of nitrogens with zero attached hydrogens (tertiary/aromatic N) is 1. The predicted octanol–water partition coefficient (Wildman–Crippen LogP) is 3.17. The number of hydrogen-bond acceptors (Lipinski definition) is 3. The average molecular weight is 313 g/mol. The van der Waals surface area contributed by atoms with Crippen LogP contribution >= 0.6 is 11.8 Å². The van der Waals surface area contributed by atoms with Crippen LogP contribution in [0.2, 0.25) is 0 Å². The van der Waals surface area contributed by atoms with Crippen LogP contribution in [0.1, 0.15) is 12.0 Å². The summed E-state index contributed by atoms with van der Waals surface area (Å²) in [6.07, 6.45) is -0.164. The number of carboxylic acids is 1. The first kappa shape index (κ1) is 14.7. The fourth-order valence-corrected chi connectivity index (χ4v) is 3.71. The summed E-state index contributed by atoms with van der Waals surface area (Å²) in [6, 6.07) is 17.3. The molecule has 1 unspecified atom stereocenters. The largest absolute Gasteiger partial charge is 0.481 e. The smallest absolute Gasteiger partial charge is 0.305 e. The fraction of sp³-hybridized carbons (Fsp3) is 0.176. The van der Waals surface area contributed by atoms with Gasteiger partial charge in [-0.05, 0) is 17.7 Å². The third kappa shape index (κ3) is 2.99. The average Bonchev–Trinajstić information content (AvgIpc) is 2.52. The highest BCUT2D eigenvalue weighted by atomic mass is 32.2. The van der Waals surface area contributed by atoms with E-state index >= 15 is 0 Å². The van der Waals surface area contributed by atoms with Crippen molar-refractivity contribution < 1.29 is 14.7 Å². The monoisotopic (exact) mass is 313 g/mol. The number of amides is 1. The molecule has 2 aromatic rings. The van der Waals surface area contributed by atoms with E-state index in [4.69, 9.17) is 5.11 Å². The summed E-state index contributed by atoms with van der Waals surface area (Å²) in [5.74, 6) is -1.10. The van der Waals surface area contributed by atoms with E-state index in [2.05, 4.69) is 0 Å². The maximum absolute atomic E-state index is 12.7. The van der Waals surface area contributed by atoms with Crippen molar-refractivity contribution >= 4 is 29.3 Å². The number of aliphatic carboxylic acids is 1.